The Hall–Kier alpha value is -1.31. The monoisotopic (exact) mass is 268 g/mol. The van der Waals surface area contributed by atoms with Crippen molar-refractivity contribution in [3.63, 3.8) is 0 Å². The molecule has 1 heterocycles. The summed E-state index contributed by atoms with van der Waals surface area (Å²) in [7, 11) is 0. The molecular weight excluding hydrogens is 253 g/mol. The lowest BCUT2D eigenvalue weighted by atomic mass is 9.86. The Morgan fingerprint density at radius 1 is 1.50 bits per heavy atom. The fourth-order valence-electron chi connectivity index (χ4n) is 2.05. The number of rotatable bonds is 4. The van der Waals surface area contributed by atoms with Crippen LogP contribution >= 0.6 is 0 Å². The number of carbonyl (C=O) groups is 2. The molecule has 1 amide bonds. The number of alkyl halides is 3. The predicted molar refractivity (Wildman–Crippen MR) is 55.5 cm³/mol. The topological polar surface area (TPSA) is 83.6 Å². The van der Waals surface area contributed by atoms with Crippen molar-refractivity contribution in [2.45, 2.75) is 19.5 Å². The van der Waals surface area contributed by atoms with Gasteiger partial charge in [0, 0.05) is 19.0 Å². The molecule has 1 saturated heterocycles. The maximum atomic E-state index is 12.8. The largest absolute Gasteiger partial charge is 0.481 e. The van der Waals surface area contributed by atoms with Gasteiger partial charge in [-0.15, -0.1) is 0 Å². The number of hydrogen-bond acceptors (Lipinski definition) is 3. The molecule has 0 aromatic carbocycles. The number of carbonyl (C=O) groups excluding carboxylic acids is 1. The van der Waals surface area contributed by atoms with Crippen molar-refractivity contribution in [1.29, 1.82) is 0 Å². The molecule has 0 aliphatic carbocycles. The Labute approximate surface area is 102 Å². The van der Waals surface area contributed by atoms with Crippen molar-refractivity contribution < 1.29 is 27.9 Å². The summed E-state index contributed by atoms with van der Waals surface area (Å²) in [4.78, 5) is 23.0. The number of aliphatic carboxylic acids is 1. The molecule has 0 bridgehead atoms. The van der Waals surface area contributed by atoms with Crippen LogP contribution in [0.5, 0.6) is 0 Å². The summed E-state index contributed by atoms with van der Waals surface area (Å²) < 4.78 is 38.5. The highest BCUT2D eigenvalue weighted by Crippen LogP contribution is 2.45. The molecule has 0 spiro atoms. The molecule has 2 atom stereocenters. The summed E-state index contributed by atoms with van der Waals surface area (Å²) in [5, 5.41) is 8.82. The number of amides is 1. The second-order valence-electron chi connectivity index (χ2n) is 4.67. The number of nitrogens with zero attached hydrogens (tertiary/aromatic N) is 1. The molecule has 104 valence electrons. The van der Waals surface area contributed by atoms with Gasteiger partial charge in [0.25, 0.3) is 0 Å². The summed E-state index contributed by atoms with van der Waals surface area (Å²) in [6.07, 6.45) is -5.30. The molecule has 1 rings (SSSR count). The molecule has 0 aromatic heterocycles. The Balaban J connectivity index is 2.79. The number of primary amides is 1. The molecule has 5 nitrogen and oxygen atoms in total. The lowest BCUT2D eigenvalue weighted by Crippen LogP contribution is -2.47. The van der Waals surface area contributed by atoms with E-state index in [9.17, 15) is 22.8 Å². The van der Waals surface area contributed by atoms with Crippen LogP contribution in [0.25, 0.3) is 0 Å². The Kier molecular flexibility index (Phi) is 3.89. The minimum Gasteiger partial charge on any atom is -0.481 e. The molecule has 3 N–H and O–H groups in total. The second kappa shape index (κ2) is 4.75. The third-order valence-electron chi connectivity index (χ3n) is 3.32. The van der Waals surface area contributed by atoms with Gasteiger partial charge in [0.2, 0.25) is 5.91 Å². The molecule has 1 fully saturated rings. The quantitative estimate of drug-likeness (QED) is 0.775. The van der Waals surface area contributed by atoms with Gasteiger partial charge in [-0.05, 0) is 13.0 Å². The van der Waals surface area contributed by atoms with E-state index in [0.29, 0.717) is 0 Å². The summed E-state index contributed by atoms with van der Waals surface area (Å²) in [6.45, 7) is 0.893. The Bertz CT molecular complexity index is 359. The zero-order valence-electron chi connectivity index (χ0n) is 9.83. The number of carboxylic acids is 1. The number of likely N-dealkylation sites (tertiary alicyclic amines) is 1. The maximum Gasteiger partial charge on any atom is 0.406 e. The molecule has 0 aromatic rings. The van der Waals surface area contributed by atoms with Crippen molar-refractivity contribution in [2.75, 3.05) is 19.6 Å². The van der Waals surface area contributed by atoms with Crippen LogP contribution in [0.15, 0.2) is 0 Å². The Morgan fingerprint density at radius 2 is 2.06 bits per heavy atom. The van der Waals surface area contributed by atoms with Crippen LogP contribution in [0.1, 0.15) is 13.3 Å². The van der Waals surface area contributed by atoms with E-state index < -0.39 is 42.4 Å². The van der Waals surface area contributed by atoms with E-state index in [4.69, 9.17) is 10.8 Å². The van der Waals surface area contributed by atoms with Crippen LogP contribution in [0.4, 0.5) is 13.2 Å². The lowest BCUT2D eigenvalue weighted by Gasteiger charge is -2.27. The first-order chi connectivity index (χ1) is 8.10. The zero-order chi connectivity index (χ0) is 14.1. The standard InChI is InChI=1S/C10H15F3N2O3/c1-6(7(14)16)4-15-3-2-9(5-15,8(17)18)10(11,12)13/h6H,2-5H2,1H3,(H2,14,16)(H,17,18). The lowest BCUT2D eigenvalue weighted by molar-refractivity contribution is -0.227. The third-order valence-corrected chi connectivity index (χ3v) is 3.32. The first-order valence-corrected chi connectivity index (χ1v) is 5.42. The van der Waals surface area contributed by atoms with Gasteiger partial charge in [-0.25, -0.2) is 0 Å². The van der Waals surface area contributed by atoms with Gasteiger partial charge in [0.15, 0.2) is 5.41 Å². The molecular formula is C10H15F3N2O3. The van der Waals surface area contributed by atoms with E-state index in [1.54, 1.807) is 0 Å². The van der Waals surface area contributed by atoms with Crippen molar-refractivity contribution in [3.8, 4) is 0 Å². The summed E-state index contributed by atoms with van der Waals surface area (Å²) in [6, 6.07) is 0. The molecule has 2 unspecified atom stereocenters. The smallest absolute Gasteiger partial charge is 0.406 e. The summed E-state index contributed by atoms with van der Waals surface area (Å²) >= 11 is 0. The number of hydrogen-bond donors (Lipinski definition) is 2. The predicted octanol–water partition coefficient (Wildman–Crippen LogP) is 0.447. The molecule has 0 saturated carbocycles. The van der Waals surface area contributed by atoms with Gasteiger partial charge in [0.05, 0.1) is 0 Å². The molecule has 1 aliphatic rings. The van der Waals surface area contributed by atoms with E-state index in [2.05, 4.69) is 0 Å². The highest BCUT2D eigenvalue weighted by molar-refractivity contribution is 5.77. The van der Waals surface area contributed by atoms with E-state index in [1.807, 2.05) is 0 Å². The first kappa shape index (κ1) is 14.7. The second-order valence-corrected chi connectivity index (χ2v) is 4.67. The number of carboxylic acid groups (broad SMARTS) is 1. The van der Waals surface area contributed by atoms with E-state index >= 15 is 0 Å². The van der Waals surface area contributed by atoms with Crippen LogP contribution < -0.4 is 5.73 Å². The first-order valence-electron chi connectivity index (χ1n) is 5.42. The molecule has 0 radical (unpaired) electrons. The molecule has 1 aliphatic heterocycles. The average molecular weight is 268 g/mol. The van der Waals surface area contributed by atoms with Gasteiger partial charge in [-0.1, -0.05) is 6.92 Å². The minimum atomic E-state index is -4.80. The minimum absolute atomic E-state index is 0.0105. The van der Waals surface area contributed by atoms with Gasteiger partial charge in [-0.3, -0.25) is 9.59 Å². The van der Waals surface area contributed by atoms with Crippen molar-refractivity contribution >= 4 is 11.9 Å². The van der Waals surface area contributed by atoms with E-state index in [-0.39, 0.29) is 13.1 Å². The Morgan fingerprint density at radius 3 is 2.39 bits per heavy atom. The number of nitrogens with two attached hydrogens (primary N) is 1. The fraction of sp³-hybridized carbons (Fsp3) is 0.800. The van der Waals surface area contributed by atoms with Crippen LogP contribution in [-0.4, -0.2) is 47.7 Å². The highest BCUT2D eigenvalue weighted by Gasteiger charge is 2.63. The molecule has 8 heteroatoms. The summed E-state index contributed by atoms with van der Waals surface area (Å²) in [5.41, 5.74) is 2.29. The molecule has 18 heavy (non-hydrogen) atoms. The van der Waals surface area contributed by atoms with Crippen molar-refractivity contribution in [1.82, 2.24) is 4.90 Å². The zero-order valence-corrected chi connectivity index (χ0v) is 9.83. The fourth-order valence-corrected chi connectivity index (χ4v) is 2.05. The van der Waals surface area contributed by atoms with Gasteiger partial charge in [-0.2, -0.15) is 13.2 Å². The van der Waals surface area contributed by atoms with Crippen LogP contribution in [0, 0.1) is 11.3 Å². The van der Waals surface area contributed by atoms with E-state index in [0.717, 1.165) is 0 Å². The normalized spacial score (nSPS) is 27.1. The third kappa shape index (κ3) is 2.58. The summed E-state index contributed by atoms with van der Waals surface area (Å²) in [5.74, 6) is -3.10. The average Bonchev–Trinajstić information content (AvgIpc) is 2.61. The van der Waals surface area contributed by atoms with Gasteiger partial charge in [0.1, 0.15) is 0 Å². The highest BCUT2D eigenvalue weighted by atomic mass is 19.4. The number of halogens is 3. The van der Waals surface area contributed by atoms with E-state index in [1.165, 1.54) is 11.8 Å². The van der Waals surface area contributed by atoms with Crippen LogP contribution in [-0.2, 0) is 9.59 Å². The van der Waals surface area contributed by atoms with Crippen molar-refractivity contribution in [2.24, 2.45) is 17.1 Å². The van der Waals surface area contributed by atoms with Crippen molar-refractivity contribution in [3.05, 3.63) is 0 Å². The van der Waals surface area contributed by atoms with Crippen LogP contribution in [0.3, 0.4) is 0 Å². The van der Waals surface area contributed by atoms with Gasteiger partial charge >= 0.3 is 12.1 Å². The van der Waals surface area contributed by atoms with Crippen LogP contribution in [0.2, 0.25) is 0 Å². The maximum absolute atomic E-state index is 12.8. The van der Waals surface area contributed by atoms with Gasteiger partial charge < -0.3 is 15.7 Å². The SMILES string of the molecule is CC(CN1CCC(C(=O)O)(C(F)(F)F)C1)C(N)=O.